The molecule has 3 saturated heterocycles. The number of hydrogen-bond acceptors (Lipinski definition) is 4. The molecule has 0 radical (unpaired) electrons. The standard InChI is InChI=1S/C20H26N4O2/c25-18-16-13-14-5-3-11-24(14)20(16)15-6-1-2-7-17(15)23(19(20)26)12-10-21-8-4-9-22-18/h1-2,6-7,14,16,21H,3-5,8-13H2,(H,22,25)/t14-,16-,20+/m0/s1. The predicted molar refractivity (Wildman–Crippen MR) is 98.8 cm³/mol. The van der Waals surface area contributed by atoms with Gasteiger partial charge in [0, 0.05) is 36.9 Å². The van der Waals surface area contributed by atoms with E-state index in [2.05, 4.69) is 21.6 Å². The van der Waals surface area contributed by atoms with E-state index in [0.29, 0.717) is 19.1 Å². The van der Waals surface area contributed by atoms with E-state index in [4.69, 9.17) is 0 Å². The van der Waals surface area contributed by atoms with Gasteiger partial charge in [-0.2, -0.15) is 0 Å². The second-order valence-corrected chi connectivity index (χ2v) is 7.91. The fourth-order valence-corrected chi connectivity index (χ4v) is 5.65. The van der Waals surface area contributed by atoms with Gasteiger partial charge in [-0.05, 0) is 44.8 Å². The Hall–Kier alpha value is -1.92. The highest BCUT2D eigenvalue weighted by atomic mass is 16.2. The number of carbonyl (C=O) groups is 2. The summed E-state index contributed by atoms with van der Waals surface area (Å²) in [6.45, 7) is 3.86. The van der Waals surface area contributed by atoms with Gasteiger partial charge in [-0.25, -0.2) is 0 Å². The molecule has 1 spiro atoms. The number of carbonyl (C=O) groups excluding carboxylic acids is 2. The van der Waals surface area contributed by atoms with Gasteiger partial charge in [0.05, 0.1) is 5.92 Å². The zero-order chi connectivity index (χ0) is 17.7. The lowest BCUT2D eigenvalue weighted by atomic mass is 9.78. The lowest BCUT2D eigenvalue weighted by Crippen LogP contribution is -2.57. The lowest BCUT2D eigenvalue weighted by molar-refractivity contribution is -0.138. The van der Waals surface area contributed by atoms with Crippen LogP contribution in [0.4, 0.5) is 5.69 Å². The van der Waals surface area contributed by atoms with Gasteiger partial charge in [0.25, 0.3) is 5.91 Å². The molecule has 2 amide bonds. The first-order valence-corrected chi connectivity index (χ1v) is 9.91. The van der Waals surface area contributed by atoms with Gasteiger partial charge >= 0.3 is 0 Å². The van der Waals surface area contributed by atoms with E-state index in [1.807, 2.05) is 23.1 Å². The van der Waals surface area contributed by atoms with E-state index in [1.54, 1.807) is 0 Å². The molecular weight excluding hydrogens is 328 g/mol. The average Bonchev–Trinajstić information content (AvgIpc) is 3.29. The van der Waals surface area contributed by atoms with Crippen molar-refractivity contribution >= 4 is 17.5 Å². The van der Waals surface area contributed by atoms with E-state index >= 15 is 0 Å². The summed E-state index contributed by atoms with van der Waals surface area (Å²) in [7, 11) is 0. The number of nitrogens with one attached hydrogen (secondary N) is 2. The van der Waals surface area contributed by atoms with Crippen molar-refractivity contribution in [1.82, 2.24) is 15.5 Å². The first kappa shape index (κ1) is 16.3. The Labute approximate surface area is 153 Å². The number of amides is 2. The van der Waals surface area contributed by atoms with E-state index in [1.165, 1.54) is 0 Å². The highest BCUT2D eigenvalue weighted by molar-refractivity contribution is 6.10. The van der Waals surface area contributed by atoms with Crippen LogP contribution in [-0.4, -0.2) is 55.5 Å². The van der Waals surface area contributed by atoms with E-state index < -0.39 is 5.54 Å². The number of benzene rings is 1. The maximum absolute atomic E-state index is 13.8. The van der Waals surface area contributed by atoms with Gasteiger partial charge in [-0.15, -0.1) is 0 Å². The van der Waals surface area contributed by atoms with Gasteiger partial charge < -0.3 is 15.5 Å². The molecule has 2 bridgehead atoms. The van der Waals surface area contributed by atoms with Gasteiger partial charge in [0.15, 0.2) is 0 Å². The number of rotatable bonds is 0. The summed E-state index contributed by atoms with van der Waals surface area (Å²) in [5, 5.41) is 6.51. The summed E-state index contributed by atoms with van der Waals surface area (Å²) in [4.78, 5) is 31.3. The first-order valence-electron chi connectivity index (χ1n) is 9.91. The third-order valence-corrected chi connectivity index (χ3v) is 6.68. The van der Waals surface area contributed by atoms with Crippen LogP contribution >= 0.6 is 0 Å². The second kappa shape index (κ2) is 6.06. The molecule has 0 aromatic heterocycles. The molecule has 1 aromatic carbocycles. The molecule has 4 aliphatic rings. The van der Waals surface area contributed by atoms with Crippen molar-refractivity contribution in [2.45, 2.75) is 37.3 Å². The largest absolute Gasteiger partial charge is 0.356 e. The zero-order valence-electron chi connectivity index (χ0n) is 15.0. The average molecular weight is 354 g/mol. The minimum absolute atomic E-state index is 0.0463. The van der Waals surface area contributed by atoms with Crippen LogP contribution in [0.1, 0.15) is 31.2 Å². The molecule has 3 atom stereocenters. The SMILES string of the molecule is O=C1NCCCNCCN2C(=O)[C@@]3(c4ccccc42)[C@H]1C[C@@H]1CCCN13. The summed E-state index contributed by atoms with van der Waals surface area (Å²) in [5.41, 5.74) is 1.22. The number of fused-ring (bicyclic) bond motifs is 4. The Kier molecular flexibility index (Phi) is 3.79. The van der Waals surface area contributed by atoms with Crippen molar-refractivity contribution in [2.75, 3.05) is 37.6 Å². The van der Waals surface area contributed by atoms with Crippen LogP contribution < -0.4 is 15.5 Å². The van der Waals surface area contributed by atoms with Gasteiger partial charge in [-0.3, -0.25) is 14.5 Å². The van der Waals surface area contributed by atoms with Crippen molar-refractivity contribution in [3.05, 3.63) is 29.8 Å². The predicted octanol–water partition coefficient (Wildman–Crippen LogP) is 0.822. The Morgan fingerprint density at radius 2 is 1.92 bits per heavy atom. The topological polar surface area (TPSA) is 64.7 Å². The third kappa shape index (κ3) is 2.06. The van der Waals surface area contributed by atoms with Crippen molar-refractivity contribution in [3.8, 4) is 0 Å². The number of para-hydroxylation sites is 1. The number of hydrogen-bond donors (Lipinski definition) is 2. The highest BCUT2D eigenvalue weighted by Crippen LogP contribution is 2.56. The van der Waals surface area contributed by atoms with E-state index in [-0.39, 0.29) is 17.7 Å². The van der Waals surface area contributed by atoms with Gasteiger partial charge in [0.1, 0.15) is 5.54 Å². The van der Waals surface area contributed by atoms with Crippen molar-refractivity contribution in [2.24, 2.45) is 5.92 Å². The summed E-state index contributed by atoms with van der Waals surface area (Å²) in [5.74, 6) is -0.144. The quantitative estimate of drug-likeness (QED) is 0.724. The summed E-state index contributed by atoms with van der Waals surface area (Å²) < 4.78 is 0. The van der Waals surface area contributed by atoms with E-state index in [9.17, 15) is 9.59 Å². The second-order valence-electron chi connectivity index (χ2n) is 7.91. The molecular formula is C20H26N4O2. The Balaban J connectivity index is 1.69. The van der Waals surface area contributed by atoms with Gasteiger partial charge in [-0.1, -0.05) is 18.2 Å². The summed E-state index contributed by atoms with van der Waals surface area (Å²) in [6.07, 6.45) is 3.90. The molecule has 4 heterocycles. The Morgan fingerprint density at radius 1 is 1.04 bits per heavy atom. The van der Waals surface area contributed by atoms with Crippen LogP contribution in [-0.2, 0) is 15.1 Å². The van der Waals surface area contributed by atoms with Crippen LogP contribution in [0, 0.1) is 5.92 Å². The Bertz CT molecular complexity index is 751. The molecule has 26 heavy (non-hydrogen) atoms. The maximum Gasteiger partial charge on any atom is 0.253 e. The normalized spacial score (nSPS) is 34.5. The van der Waals surface area contributed by atoms with Crippen molar-refractivity contribution in [1.29, 1.82) is 0 Å². The highest BCUT2D eigenvalue weighted by Gasteiger charge is 2.66. The summed E-state index contributed by atoms with van der Waals surface area (Å²) in [6, 6.07) is 8.45. The van der Waals surface area contributed by atoms with Crippen LogP contribution in [0.25, 0.3) is 0 Å². The molecule has 0 aliphatic carbocycles. The molecule has 4 aliphatic heterocycles. The molecule has 5 rings (SSSR count). The molecule has 0 unspecified atom stereocenters. The molecule has 2 N–H and O–H groups in total. The van der Waals surface area contributed by atoms with Crippen molar-refractivity contribution in [3.63, 3.8) is 0 Å². The summed E-state index contributed by atoms with van der Waals surface area (Å²) >= 11 is 0. The molecule has 1 aromatic rings. The fourth-order valence-electron chi connectivity index (χ4n) is 5.65. The monoisotopic (exact) mass is 354 g/mol. The number of nitrogens with zero attached hydrogens (tertiary/aromatic N) is 2. The van der Waals surface area contributed by atoms with Crippen LogP contribution in [0.5, 0.6) is 0 Å². The van der Waals surface area contributed by atoms with Crippen molar-refractivity contribution < 1.29 is 9.59 Å². The first-order chi connectivity index (χ1) is 12.7. The zero-order valence-corrected chi connectivity index (χ0v) is 15.0. The van der Waals surface area contributed by atoms with Crippen LogP contribution in [0.2, 0.25) is 0 Å². The number of anilines is 1. The lowest BCUT2D eigenvalue weighted by Gasteiger charge is -2.37. The molecule has 138 valence electrons. The van der Waals surface area contributed by atoms with Crippen LogP contribution in [0.15, 0.2) is 24.3 Å². The minimum atomic E-state index is -0.805. The minimum Gasteiger partial charge on any atom is -0.356 e. The molecule has 6 heteroatoms. The molecule has 3 fully saturated rings. The fraction of sp³-hybridized carbons (Fsp3) is 0.600. The third-order valence-electron chi connectivity index (χ3n) is 6.68. The molecule has 6 nitrogen and oxygen atoms in total. The molecule has 0 saturated carbocycles. The van der Waals surface area contributed by atoms with Gasteiger partial charge in [0.2, 0.25) is 5.91 Å². The Morgan fingerprint density at radius 3 is 2.85 bits per heavy atom. The van der Waals surface area contributed by atoms with Crippen LogP contribution in [0.3, 0.4) is 0 Å². The maximum atomic E-state index is 13.8. The smallest absolute Gasteiger partial charge is 0.253 e. The van der Waals surface area contributed by atoms with E-state index in [0.717, 1.165) is 56.6 Å².